The number of H-pyrrole nitrogens is 1. The Morgan fingerprint density at radius 1 is 1.45 bits per heavy atom. The highest BCUT2D eigenvalue weighted by atomic mass is 32.2. The van der Waals surface area contributed by atoms with Crippen LogP contribution in [0.25, 0.3) is 0 Å². The van der Waals surface area contributed by atoms with Gasteiger partial charge in [-0.25, -0.2) is 8.42 Å². The molecule has 0 spiro atoms. The summed E-state index contributed by atoms with van der Waals surface area (Å²) >= 11 is 0. The molecule has 1 aliphatic carbocycles. The van der Waals surface area contributed by atoms with Gasteiger partial charge in [0, 0.05) is 37.1 Å². The number of aromatic amines is 1. The second-order valence-corrected chi connectivity index (χ2v) is 7.63. The maximum absolute atomic E-state index is 12.6. The molecule has 5 nitrogen and oxygen atoms in total. The zero-order chi connectivity index (χ0) is 14.8. The lowest BCUT2D eigenvalue weighted by Crippen LogP contribution is -2.33. The predicted octanol–water partition coefficient (Wildman–Crippen LogP) is 2.08. The summed E-state index contributed by atoms with van der Waals surface area (Å²) in [4.78, 5) is 3.44. The van der Waals surface area contributed by atoms with Crippen molar-refractivity contribution in [2.45, 2.75) is 63.6 Å². The van der Waals surface area contributed by atoms with E-state index in [-0.39, 0.29) is 6.04 Å². The van der Waals surface area contributed by atoms with Crippen LogP contribution in [0.3, 0.4) is 0 Å². The van der Waals surface area contributed by atoms with Crippen LogP contribution in [0.4, 0.5) is 0 Å². The summed E-state index contributed by atoms with van der Waals surface area (Å²) in [5.41, 5.74) is 0.907. The van der Waals surface area contributed by atoms with E-state index in [1.807, 2.05) is 6.92 Å². The SMILES string of the molecule is CCCN(C1CC1)S(=O)(=O)c1c[nH]c(CNC(C)C)c1. The Morgan fingerprint density at radius 2 is 2.15 bits per heavy atom. The molecule has 20 heavy (non-hydrogen) atoms. The lowest BCUT2D eigenvalue weighted by Gasteiger charge is -2.20. The van der Waals surface area contributed by atoms with Gasteiger partial charge in [-0.1, -0.05) is 20.8 Å². The fourth-order valence-electron chi connectivity index (χ4n) is 2.20. The molecule has 0 radical (unpaired) electrons. The summed E-state index contributed by atoms with van der Waals surface area (Å²) in [6.07, 6.45) is 4.44. The first kappa shape index (κ1) is 15.5. The van der Waals surface area contributed by atoms with Crippen molar-refractivity contribution in [1.82, 2.24) is 14.6 Å². The smallest absolute Gasteiger partial charge is 0.244 e. The molecule has 2 rings (SSSR count). The molecule has 1 saturated carbocycles. The van der Waals surface area contributed by atoms with Crippen LogP contribution in [-0.4, -0.2) is 36.3 Å². The van der Waals surface area contributed by atoms with E-state index in [4.69, 9.17) is 0 Å². The van der Waals surface area contributed by atoms with Crippen molar-refractivity contribution >= 4 is 10.0 Å². The van der Waals surface area contributed by atoms with Crippen molar-refractivity contribution in [1.29, 1.82) is 0 Å². The Balaban J connectivity index is 2.12. The van der Waals surface area contributed by atoms with Gasteiger partial charge in [0.15, 0.2) is 0 Å². The van der Waals surface area contributed by atoms with Crippen LogP contribution in [0.5, 0.6) is 0 Å². The van der Waals surface area contributed by atoms with Crippen LogP contribution < -0.4 is 5.32 Å². The largest absolute Gasteiger partial charge is 0.363 e. The van der Waals surface area contributed by atoms with Crippen LogP contribution in [0.1, 0.15) is 45.7 Å². The highest BCUT2D eigenvalue weighted by Gasteiger charge is 2.37. The van der Waals surface area contributed by atoms with Crippen LogP contribution in [0, 0.1) is 0 Å². The number of hydrogen-bond donors (Lipinski definition) is 2. The summed E-state index contributed by atoms with van der Waals surface area (Å²) in [6.45, 7) is 7.41. The van der Waals surface area contributed by atoms with Crippen molar-refractivity contribution in [2.75, 3.05) is 6.54 Å². The fourth-order valence-corrected chi connectivity index (χ4v) is 4.00. The van der Waals surface area contributed by atoms with Gasteiger partial charge in [-0.15, -0.1) is 0 Å². The first-order valence-corrected chi connectivity index (χ1v) is 8.81. The maximum Gasteiger partial charge on any atom is 0.244 e. The van der Waals surface area contributed by atoms with Gasteiger partial charge in [0.25, 0.3) is 0 Å². The second-order valence-electron chi connectivity index (χ2n) is 5.74. The summed E-state index contributed by atoms with van der Waals surface area (Å²) in [7, 11) is -3.34. The van der Waals surface area contributed by atoms with Gasteiger partial charge in [0.1, 0.15) is 0 Å². The van der Waals surface area contributed by atoms with Gasteiger partial charge in [0.05, 0.1) is 4.90 Å². The van der Waals surface area contributed by atoms with E-state index in [1.165, 1.54) is 0 Å². The monoisotopic (exact) mass is 299 g/mol. The second kappa shape index (κ2) is 6.28. The molecule has 0 aliphatic heterocycles. The van der Waals surface area contributed by atoms with Gasteiger partial charge in [-0.05, 0) is 25.3 Å². The minimum absolute atomic E-state index is 0.215. The minimum Gasteiger partial charge on any atom is -0.363 e. The molecule has 0 saturated heterocycles. The van der Waals surface area contributed by atoms with E-state index < -0.39 is 10.0 Å². The van der Waals surface area contributed by atoms with Gasteiger partial charge in [0.2, 0.25) is 10.0 Å². The lowest BCUT2D eigenvalue weighted by molar-refractivity contribution is 0.403. The summed E-state index contributed by atoms with van der Waals surface area (Å²) in [5.74, 6) is 0. The normalized spacial score (nSPS) is 16.2. The molecule has 0 atom stereocenters. The molecule has 0 bridgehead atoms. The van der Waals surface area contributed by atoms with Crippen molar-refractivity contribution in [3.63, 3.8) is 0 Å². The number of hydrogen-bond acceptors (Lipinski definition) is 3. The molecule has 0 amide bonds. The first-order valence-electron chi connectivity index (χ1n) is 7.37. The van der Waals surface area contributed by atoms with Crippen molar-refractivity contribution in [2.24, 2.45) is 0 Å². The van der Waals surface area contributed by atoms with Gasteiger partial charge in [-0.2, -0.15) is 4.31 Å². The van der Waals surface area contributed by atoms with Crippen LogP contribution >= 0.6 is 0 Å². The Kier molecular flexibility index (Phi) is 4.88. The quantitative estimate of drug-likeness (QED) is 0.772. The molecule has 2 N–H and O–H groups in total. The van der Waals surface area contributed by atoms with E-state index in [9.17, 15) is 8.42 Å². The van der Waals surface area contributed by atoms with E-state index >= 15 is 0 Å². The average molecular weight is 299 g/mol. The van der Waals surface area contributed by atoms with Crippen LogP contribution in [0.2, 0.25) is 0 Å². The Morgan fingerprint density at radius 3 is 2.70 bits per heavy atom. The Bertz CT molecular complexity index is 532. The number of aromatic nitrogens is 1. The Labute approximate surface area is 121 Å². The van der Waals surface area contributed by atoms with E-state index in [0.717, 1.165) is 25.0 Å². The summed E-state index contributed by atoms with van der Waals surface area (Å²) < 4.78 is 26.9. The zero-order valence-electron chi connectivity index (χ0n) is 12.5. The van der Waals surface area contributed by atoms with Gasteiger partial charge < -0.3 is 10.3 Å². The van der Waals surface area contributed by atoms with E-state index in [1.54, 1.807) is 16.6 Å². The Hall–Kier alpha value is -0.850. The van der Waals surface area contributed by atoms with Crippen LogP contribution in [-0.2, 0) is 16.6 Å². The molecule has 1 aromatic heterocycles. The number of nitrogens with zero attached hydrogens (tertiary/aromatic N) is 1. The van der Waals surface area contributed by atoms with Crippen molar-refractivity contribution in [3.8, 4) is 0 Å². The number of sulfonamides is 1. The number of rotatable bonds is 8. The molecule has 0 unspecified atom stereocenters. The van der Waals surface area contributed by atoms with Gasteiger partial charge >= 0.3 is 0 Å². The van der Waals surface area contributed by atoms with Crippen molar-refractivity contribution in [3.05, 3.63) is 18.0 Å². The minimum atomic E-state index is -3.34. The average Bonchev–Trinajstić information content (AvgIpc) is 3.09. The summed E-state index contributed by atoms with van der Waals surface area (Å²) in [5, 5.41) is 3.28. The maximum atomic E-state index is 12.6. The molecule has 6 heteroatoms. The molecule has 114 valence electrons. The third-order valence-electron chi connectivity index (χ3n) is 3.42. The van der Waals surface area contributed by atoms with E-state index in [2.05, 4.69) is 24.1 Å². The molecule has 1 heterocycles. The lowest BCUT2D eigenvalue weighted by atomic mass is 10.3. The van der Waals surface area contributed by atoms with Gasteiger partial charge in [-0.3, -0.25) is 0 Å². The first-order chi connectivity index (χ1) is 9.45. The highest BCUT2D eigenvalue weighted by molar-refractivity contribution is 7.89. The molecule has 1 fully saturated rings. The highest BCUT2D eigenvalue weighted by Crippen LogP contribution is 2.32. The molecular weight excluding hydrogens is 274 g/mol. The molecule has 0 aromatic carbocycles. The topological polar surface area (TPSA) is 65.2 Å². The molecule has 1 aliphatic rings. The molecule has 1 aromatic rings. The summed E-state index contributed by atoms with van der Waals surface area (Å²) in [6, 6.07) is 2.34. The standard InChI is InChI=1S/C14H25N3O2S/c1-4-7-17(13-5-6-13)20(18,19)14-8-12(16-10-14)9-15-11(2)3/h8,10-11,13,15-16H,4-7,9H2,1-3H3. The predicted molar refractivity (Wildman–Crippen MR) is 80.0 cm³/mol. The zero-order valence-corrected chi connectivity index (χ0v) is 13.3. The van der Waals surface area contributed by atoms with E-state index in [0.29, 0.717) is 24.0 Å². The van der Waals surface area contributed by atoms with Crippen molar-refractivity contribution < 1.29 is 8.42 Å². The number of nitrogens with one attached hydrogen (secondary N) is 2. The third-order valence-corrected chi connectivity index (χ3v) is 5.35. The molecular formula is C14H25N3O2S. The third kappa shape index (κ3) is 3.62. The van der Waals surface area contributed by atoms with Crippen LogP contribution in [0.15, 0.2) is 17.2 Å². The fraction of sp³-hybridized carbons (Fsp3) is 0.714.